The molecule has 2 aromatic carbocycles. The fraction of sp³-hybridized carbons (Fsp3) is 0.0625. The number of esters is 1. The Kier molecular flexibility index (Phi) is 6.28. The molecule has 4 N–H and O–H groups in total. The first-order chi connectivity index (χ1) is 12.8. The molecule has 10 nitrogen and oxygen atoms in total. The van der Waals surface area contributed by atoms with Gasteiger partial charge in [-0.2, -0.15) is 0 Å². The Morgan fingerprint density at radius 3 is 2.37 bits per heavy atom. The van der Waals surface area contributed by atoms with Gasteiger partial charge in [0.1, 0.15) is 5.69 Å². The molecule has 0 heterocycles. The van der Waals surface area contributed by atoms with Gasteiger partial charge in [0.05, 0.1) is 10.5 Å². The van der Waals surface area contributed by atoms with Crippen molar-refractivity contribution in [3.63, 3.8) is 0 Å². The highest BCUT2D eigenvalue weighted by molar-refractivity contribution is 6.31. The van der Waals surface area contributed by atoms with Crippen molar-refractivity contribution in [2.24, 2.45) is 5.73 Å². The Morgan fingerprint density at radius 1 is 1.11 bits per heavy atom. The second-order valence-electron chi connectivity index (χ2n) is 5.11. The summed E-state index contributed by atoms with van der Waals surface area (Å²) in [7, 11) is 0. The van der Waals surface area contributed by atoms with Crippen LogP contribution in [-0.2, 0) is 9.53 Å². The molecule has 0 aliphatic rings. The van der Waals surface area contributed by atoms with Crippen molar-refractivity contribution >= 4 is 46.6 Å². The lowest BCUT2D eigenvalue weighted by Gasteiger charge is -2.08. The standard InChI is InChI=1S/C16H13ClN4O6/c17-10-3-6-12(13(7-10)21(25)26)20-14(22)8-27-15(23)9-1-4-11(5-2-9)19-16(18)24/h1-7H,8H2,(H,20,22)(H3,18,19,24). The number of rotatable bonds is 6. The van der Waals surface area contributed by atoms with Gasteiger partial charge < -0.3 is 21.1 Å². The maximum absolute atomic E-state index is 11.9. The summed E-state index contributed by atoms with van der Waals surface area (Å²) in [6.45, 7) is -0.653. The number of ether oxygens (including phenoxy) is 1. The van der Waals surface area contributed by atoms with E-state index in [-0.39, 0.29) is 22.0 Å². The lowest BCUT2D eigenvalue weighted by atomic mass is 10.2. The van der Waals surface area contributed by atoms with E-state index in [1.54, 1.807) is 0 Å². The minimum Gasteiger partial charge on any atom is -0.452 e. The third-order valence-electron chi connectivity index (χ3n) is 3.15. The third-order valence-corrected chi connectivity index (χ3v) is 3.39. The highest BCUT2D eigenvalue weighted by Gasteiger charge is 2.17. The second kappa shape index (κ2) is 8.63. The van der Waals surface area contributed by atoms with Crippen LogP contribution in [0.15, 0.2) is 42.5 Å². The van der Waals surface area contributed by atoms with E-state index in [2.05, 4.69) is 10.6 Å². The van der Waals surface area contributed by atoms with Crippen LogP contribution in [0.1, 0.15) is 10.4 Å². The summed E-state index contributed by atoms with van der Waals surface area (Å²) in [5.41, 5.74) is 5.02. The van der Waals surface area contributed by atoms with E-state index >= 15 is 0 Å². The van der Waals surface area contributed by atoms with Gasteiger partial charge in [0.2, 0.25) is 0 Å². The second-order valence-corrected chi connectivity index (χ2v) is 5.55. The number of nitrogens with two attached hydrogens (primary N) is 1. The normalized spacial score (nSPS) is 9.96. The van der Waals surface area contributed by atoms with Crippen molar-refractivity contribution < 1.29 is 24.0 Å². The zero-order valence-corrected chi connectivity index (χ0v) is 14.4. The van der Waals surface area contributed by atoms with Gasteiger partial charge in [-0.15, -0.1) is 0 Å². The average molecular weight is 393 g/mol. The number of carbonyl (C=O) groups excluding carboxylic acids is 3. The topological polar surface area (TPSA) is 154 Å². The summed E-state index contributed by atoms with van der Waals surface area (Å²) in [6, 6.07) is 8.58. The van der Waals surface area contributed by atoms with E-state index < -0.39 is 29.4 Å². The monoisotopic (exact) mass is 392 g/mol. The largest absolute Gasteiger partial charge is 0.452 e. The molecule has 3 amide bonds. The molecule has 0 spiro atoms. The zero-order chi connectivity index (χ0) is 20.0. The molecule has 27 heavy (non-hydrogen) atoms. The Labute approximate surface area is 157 Å². The van der Waals surface area contributed by atoms with Crippen molar-refractivity contribution in [1.82, 2.24) is 0 Å². The number of benzene rings is 2. The Hall–Kier alpha value is -3.66. The van der Waals surface area contributed by atoms with Crippen molar-refractivity contribution in [3.8, 4) is 0 Å². The summed E-state index contributed by atoms with van der Waals surface area (Å²) < 4.78 is 4.85. The van der Waals surface area contributed by atoms with Gasteiger partial charge in [-0.1, -0.05) is 11.6 Å². The summed E-state index contributed by atoms with van der Waals surface area (Å²) in [5.74, 6) is -1.55. The first-order valence-electron chi connectivity index (χ1n) is 7.33. The molecule has 2 aromatic rings. The number of nitro groups is 1. The van der Waals surface area contributed by atoms with Crippen LogP contribution in [-0.4, -0.2) is 29.4 Å². The highest BCUT2D eigenvalue weighted by atomic mass is 35.5. The van der Waals surface area contributed by atoms with Gasteiger partial charge in [0, 0.05) is 16.8 Å². The van der Waals surface area contributed by atoms with Crippen LogP contribution in [0.4, 0.5) is 21.9 Å². The first kappa shape index (κ1) is 19.7. The summed E-state index contributed by atoms with van der Waals surface area (Å²) in [6.07, 6.45) is 0. The highest BCUT2D eigenvalue weighted by Crippen LogP contribution is 2.27. The molecule has 0 aliphatic carbocycles. The van der Waals surface area contributed by atoms with E-state index in [9.17, 15) is 24.5 Å². The van der Waals surface area contributed by atoms with E-state index in [0.29, 0.717) is 5.69 Å². The van der Waals surface area contributed by atoms with Crippen LogP contribution in [0, 0.1) is 10.1 Å². The molecule has 0 unspecified atom stereocenters. The molecule has 2 rings (SSSR count). The number of carbonyl (C=O) groups is 3. The number of anilines is 2. The number of urea groups is 1. The fourth-order valence-electron chi connectivity index (χ4n) is 1.99. The van der Waals surface area contributed by atoms with Crippen LogP contribution in [0.5, 0.6) is 0 Å². The van der Waals surface area contributed by atoms with Crippen LogP contribution in [0.3, 0.4) is 0 Å². The van der Waals surface area contributed by atoms with Gasteiger partial charge in [0.15, 0.2) is 6.61 Å². The molecule has 11 heteroatoms. The van der Waals surface area contributed by atoms with E-state index in [1.165, 1.54) is 36.4 Å². The number of nitrogens with zero attached hydrogens (tertiary/aromatic N) is 1. The van der Waals surface area contributed by atoms with E-state index in [0.717, 1.165) is 6.07 Å². The molecule has 0 radical (unpaired) electrons. The van der Waals surface area contributed by atoms with Crippen molar-refractivity contribution in [1.29, 1.82) is 0 Å². The fourth-order valence-corrected chi connectivity index (χ4v) is 2.16. The molecule has 0 atom stereocenters. The Morgan fingerprint density at radius 2 is 1.78 bits per heavy atom. The van der Waals surface area contributed by atoms with Gasteiger partial charge in [-0.3, -0.25) is 14.9 Å². The number of amides is 3. The van der Waals surface area contributed by atoms with Crippen molar-refractivity contribution in [3.05, 3.63) is 63.2 Å². The predicted octanol–water partition coefficient (Wildman–Crippen LogP) is 2.53. The maximum Gasteiger partial charge on any atom is 0.338 e. The van der Waals surface area contributed by atoms with Gasteiger partial charge in [0.25, 0.3) is 11.6 Å². The number of hydrogen-bond acceptors (Lipinski definition) is 6. The van der Waals surface area contributed by atoms with E-state index in [1.807, 2.05) is 0 Å². The average Bonchev–Trinajstić information content (AvgIpc) is 2.61. The molecule has 0 aromatic heterocycles. The number of nitro benzene ring substituents is 1. The first-order valence-corrected chi connectivity index (χ1v) is 7.71. The van der Waals surface area contributed by atoms with Crippen molar-refractivity contribution in [2.75, 3.05) is 17.2 Å². The molecular formula is C16H13ClN4O6. The summed E-state index contributed by atoms with van der Waals surface area (Å²) in [4.78, 5) is 44.8. The van der Waals surface area contributed by atoms with Crippen molar-refractivity contribution in [2.45, 2.75) is 0 Å². The Bertz CT molecular complexity index is 900. The molecular weight excluding hydrogens is 380 g/mol. The van der Waals surface area contributed by atoms with Crippen LogP contribution in [0.2, 0.25) is 5.02 Å². The zero-order valence-electron chi connectivity index (χ0n) is 13.6. The molecule has 0 fully saturated rings. The number of hydrogen-bond donors (Lipinski definition) is 3. The van der Waals surface area contributed by atoms with Gasteiger partial charge >= 0.3 is 12.0 Å². The summed E-state index contributed by atoms with van der Waals surface area (Å²) in [5, 5.41) is 15.7. The lowest BCUT2D eigenvalue weighted by Crippen LogP contribution is -2.21. The number of primary amides is 1. The maximum atomic E-state index is 11.9. The molecule has 0 saturated carbocycles. The quantitative estimate of drug-likeness (QED) is 0.390. The number of nitrogens with one attached hydrogen (secondary N) is 2. The minimum absolute atomic E-state index is 0.0765. The smallest absolute Gasteiger partial charge is 0.338 e. The van der Waals surface area contributed by atoms with Crippen LogP contribution in [0.25, 0.3) is 0 Å². The molecule has 0 saturated heterocycles. The predicted molar refractivity (Wildman–Crippen MR) is 96.7 cm³/mol. The van der Waals surface area contributed by atoms with Crippen LogP contribution >= 0.6 is 11.6 Å². The lowest BCUT2D eigenvalue weighted by molar-refractivity contribution is -0.383. The number of halogens is 1. The molecule has 140 valence electrons. The Balaban J connectivity index is 1.94. The van der Waals surface area contributed by atoms with Gasteiger partial charge in [-0.05, 0) is 36.4 Å². The van der Waals surface area contributed by atoms with Crippen LogP contribution < -0.4 is 16.4 Å². The van der Waals surface area contributed by atoms with Gasteiger partial charge in [-0.25, -0.2) is 9.59 Å². The molecule has 0 bridgehead atoms. The SMILES string of the molecule is NC(=O)Nc1ccc(C(=O)OCC(=O)Nc2ccc(Cl)cc2[N+](=O)[O-])cc1. The summed E-state index contributed by atoms with van der Waals surface area (Å²) >= 11 is 5.69. The third kappa shape index (κ3) is 5.68. The minimum atomic E-state index is -0.790. The molecule has 0 aliphatic heterocycles. The van der Waals surface area contributed by atoms with E-state index in [4.69, 9.17) is 22.1 Å².